The van der Waals surface area contributed by atoms with Crippen LogP contribution in [0.3, 0.4) is 0 Å². The maximum Gasteiger partial charge on any atom is 0.168 e. The molecule has 1 heterocycles. The fraction of sp³-hybridized carbons (Fsp3) is 0.414. The highest BCUT2D eigenvalue weighted by molar-refractivity contribution is 5.59. The number of pyridine rings is 1. The zero-order valence-corrected chi connectivity index (χ0v) is 21.0. The monoisotopic (exact) mass is 476 g/mol. The summed E-state index contributed by atoms with van der Waals surface area (Å²) in [4.78, 5) is 11.0. The van der Waals surface area contributed by atoms with E-state index in [-0.39, 0.29) is 6.04 Å². The van der Waals surface area contributed by atoms with E-state index in [2.05, 4.69) is 46.4 Å². The smallest absolute Gasteiger partial charge is 0.168 e. The minimum atomic E-state index is 0.240. The first-order valence-corrected chi connectivity index (χ1v) is 12.4. The molecule has 1 aliphatic rings. The van der Waals surface area contributed by atoms with Crippen molar-refractivity contribution in [3.8, 4) is 11.5 Å². The van der Waals surface area contributed by atoms with E-state index in [1.165, 1.54) is 5.56 Å². The van der Waals surface area contributed by atoms with Crippen molar-refractivity contribution >= 4 is 5.69 Å². The van der Waals surface area contributed by atoms with Gasteiger partial charge in [0.25, 0.3) is 0 Å². The summed E-state index contributed by atoms with van der Waals surface area (Å²) in [7, 11) is 3.34. The van der Waals surface area contributed by atoms with Gasteiger partial charge in [-0.25, -0.2) is 5.06 Å². The van der Waals surface area contributed by atoms with Gasteiger partial charge in [0.15, 0.2) is 5.75 Å². The van der Waals surface area contributed by atoms with Crippen molar-refractivity contribution in [2.75, 3.05) is 25.9 Å². The number of aromatic nitrogens is 1. The van der Waals surface area contributed by atoms with Crippen molar-refractivity contribution in [2.24, 2.45) is 0 Å². The number of hydrogen-bond donors (Lipinski definition) is 0. The Labute approximate surface area is 208 Å². The van der Waals surface area contributed by atoms with E-state index >= 15 is 0 Å². The van der Waals surface area contributed by atoms with Crippen molar-refractivity contribution in [1.82, 2.24) is 4.98 Å². The highest BCUT2D eigenvalue weighted by Gasteiger charge is 2.30. The Balaban J connectivity index is 1.52. The molecule has 2 aromatic carbocycles. The molecule has 35 heavy (non-hydrogen) atoms. The Bertz CT molecular complexity index is 1030. The molecule has 0 N–H and O–H groups in total. The molecule has 1 saturated carbocycles. The van der Waals surface area contributed by atoms with Crippen LogP contribution < -0.4 is 14.5 Å². The van der Waals surface area contributed by atoms with Gasteiger partial charge in [0.05, 0.1) is 33.0 Å². The Kier molecular flexibility index (Phi) is 8.98. The second kappa shape index (κ2) is 12.6. The summed E-state index contributed by atoms with van der Waals surface area (Å²) in [5, 5.41) is 2.06. The predicted molar refractivity (Wildman–Crippen MR) is 138 cm³/mol. The lowest BCUT2D eigenvalue weighted by Crippen LogP contribution is -2.38. The van der Waals surface area contributed by atoms with E-state index in [4.69, 9.17) is 19.0 Å². The van der Waals surface area contributed by atoms with Crippen molar-refractivity contribution in [3.05, 3.63) is 83.7 Å². The number of nitrogens with zero attached hydrogens (tertiary/aromatic N) is 2. The number of rotatable bonds is 11. The Morgan fingerprint density at radius 2 is 1.63 bits per heavy atom. The number of methoxy groups -OCH3 is 2. The number of anilines is 1. The lowest BCUT2D eigenvalue weighted by molar-refractivity contribution is 0.0611. The molecule has 1 aliphatic carbocycles. The predicted octanol–water partition coefficient (Wildman–Crippen LogP) is 6.30. The van der Waals surface area contributed by atoms with Crippen LogP contribution in [-0.4, -0.2) is 31.9 Å². The third kappa shape index (κ3) is 6.32. The molecule has 0 radical (unpaired) electrons. The molecule has 186 valence electrons. The van der Waals surface area contributed by atoms with Gasteiger partial charge in [-0.05, 0) is 67.9 Å². The molecule has 6 heteroatoms. The lowest BCUT2D eigenvalue weighted by atomic mass is 9.81. The van der Waals surface area contributed by atoms with E-state index in [1.807, 2.05) is 31.2 Å². The van der Waals surface area contributed by atoms with Gasteiger partial charge in [0.2, 0.25) is 0 Å². The first-order chi connectivity index (χ1) is 17.2. The molecule has 0 atom stereocenters. The van der Waals surface area contributed by atoms with Crippen molar-refractivity contribution in [1.29, 1.82) is 0 Å². The molecule has 0 amide bonds. The molecule has 0 unspecified atom stereocenters. The zero-order valence-electron chi connectivity index (χ0n) is 21.0. The van der Waals surface area contributed by atoms with E-state index in [9.17, 15) is 0 Å². The van der Waals surface area contributed by atoms with Crippen LogP contribution in [-0.2, 0) is 22.8 Å². The minimum absolute atomic E-state index is 0.240. The average Bonchev–Trinajstić information content (AvgIpc) is 2.91. The molecule has 0 spiro atoms. The van der Waals surface area contributed by atoms with Gasteiger partial charge in [-0.15, -0.1) is 0 Å². The fourth-order valence-electron chi connectivity index (χ4n) is 4.85. The van der Waals surface area contributed by atoms with Gasteiger partial charge in [-0.2, -0.15) is 0 Å². The Morgan fingerprint density at radius 1 is 0.886 bits per heavy atom. The summed E-state index contributed by atoms with van der Waals surface area (Å²) in [5.74, 6) is 2.18. The van der Waals surface area contributed by atoms with E-state index in [0.717, 1.165) is 48.4 Å². The van der Waals surface area contributed by atoms with E-state index in [0.29, 0.717) is 31.5 Å². The summed E-state index contributed by atoms with van der Waals surface area (Å²) >= 11 is 0. The van der Waals surface area contributed by atoms with Crippen LogP contribution in [0, 0.1) is 0 Å². The zero-order chi connectivity index (χ0) is 24.5. The SMILES string of the molecule is CCOc1ccc([C@H]2CC[C@@H](N(OCc3ccccc3)c3ccnc(COC)c3OC)CC2)cc1. The lowest BCUT2D eigenvalue weighted by Gasteiger charge is -2.38. The fourth-order valence-corrected chi connectivity index (χ4v) is 4.85. The normalized spacial score (nSPS) is 17.7. The van der Waals surface area contributed by atoms with Crippen molar-refractivity contribution in [2.45, 2.75) is 57.8 Å². The van der Waals surface area contributed by atoms with Gasteiger partial charge in [-0.3, -0.25) is 9.82 Å². The second-order valence-corrected chi connectivity index (χ2v) is 8.84. The maximum atomic E-state index is 6.48. The molecule has 0 bridgehead atoms. The third-order valence-electron chi connectivity index (χ3n) is 6.58. The standard InChI is InChI=1S/C29H36N2O4/c1-4-34-26-16-12-24(13-17-26)23-10-14-25(15-11-23)31(35-20-22-8-6-5-7-9-22)28-18-19-30-27(21-32-2)29(28)33-3/h5-9,12-13,16-19,23,25H,4,10-11,14-15,20-21H2,1-3H3/t23-,25+. The third-order valence-corrected chi connectivity index (χ3v) is 6.58. The number of ether oxygens (including phenoxy) is 3. The minimum Gasteiger partial charge on any atom is -0.494 e. The van der Waals surface area contributed by atoms with Gasteiger partial charge >= 0.3 is 0 Å². The molecular formula is C29H36N2O4. The van der Waals surface area contributed by atoms with Crippen LogP contribution in [0.4, 0.5) is 5.69 Å². The van der Waals surface area contributed by atoms with Crippen LogP contribution >= 0.6 is 0 Å². The van der Waals surface area contributed by atoms with Crippen molar-refractivity contribution < 1.29 is 19.0 Å². The summed E-state index contributed by atoms with van der Waals surface area (Å²) in [5.41, 5.74) is 4.18. The average molecular weight is 477 g/mol. The Morgan fingerprint density at radius 3 is 2.29 bits per heavy atom. The number of benzene rings is 2. The molecular weight excluding hydrogens is 440 g/mol. The highest BCUT2D eigenvalue weighted by atomic mass is 16.7. The van der Waals surface area contributed by atoms with Crippen LogP contribution in [0.25, 0.3) is 0 Å². The number of hydroxylamine groups is 1. The summed E-state index contributed by atoms with van der Waals surface area (Å²) in [6.07, 6.45) is 6.05. The van der Waals surface area contributed by atoms with E-state index in [1.54, 1.807) is 20.4 Å². The molecule has 6 nitrogen and oxygen atoms in total. The first-order valence-electron chi connectivity index (χ1n) is 12.4. The van der Waals surface area contributed by atoms with Gasteiger partial charge in [-0.1, -0.05) is 42.5 Å². The first kappa shape index (κ1) is 25.0. The topological polar surface area (TPSA) is 53.1 Å². The molecule has 0 aliphatic heterocycles. The highest BCUT2D eigenvalue weighted by Crippen LogP contribution is 2.40. The largest absolute Gasteiger partial charge is 0.494 e. The summed E-state index contributed by atoms with van der Waals surface area (Å²) < 4.78 is 16.8. The number of hydrogen-bond acceptors (Lipinski definition) is 6. The van der Waals surface area contributed by atoms with Crippen LogP contribution in [0.5, 0.6) is 11.5 Å². The Hall–Kier alpha value is -3.09. The van der Waals surface area contributed by atoms with E-state index < -0.39 is 0 Å². The van der Waals surface area contributed by atoms with Crippen LogP contribution in [0.2, 0.25) is 0 Å². The quantitative estimate of drug-likeness (QED) is 0.303. The van der Waals surface area contributed by atoms with Crippen LogP contribution in [0.1, 0.15) is 55.3 Å². The van der Waals surface area contributed by atoms with Gasteiger partial charge in [0.1, 0.15) is 17.1 Å². The molecule has 3 aromatic rings. The second-order valence-electron chi connectivity index (χ2n) is 8.84. The summed E-state index contributed by atoms with van der Waals surface area (Å²) in [6, 6.07) is 21.1. The van der Waals surface area contributed by atoms with Crippen molar-refractivity contribution in [3.63, 3.8) is 0 Å². The molecule has 1 fully saturated rings. The van der Waals surface area contributed by atoms with Crippen LogP contribution in [0.15, 0.2) is 66.9 Å². The van der Waals surface area contributed by atoms with Gasteiger partial charge in [0, 0.05) is 13.3 Å². The summed E-state index contributed by atoms with van der Waals surface area (Å²) in [6.45, 7) is 3.57. The van der Waals surface area contributed by atoms with Gasteiger partial charge < -0.3 is 14.2 Å². The molecule has 0 saturated heterocycles. The molecule has 1 aromatic heterocycles. The molecule has 4 rings (SSSR count). The maximum absolute atomic E-state index is 6.48.